The van der Waals surface area contributed by atoms with E-state index in [1.165, 1.54) is 6.92 Å². The third kappa shape index (κ3) is 4.01. The van der Waals surface area contributed by atoms with E-state index < -0.39 is 0 Å². The van der Waals surface area contributed by atoms with E-state index in [1.54, 1.807) is 18.3 Å². The minimum atomic E-state index is -0.0149. The highest BCUT2D eigenvalue weighted by molar-refractivity contribution is 5.96. The molecular formula is C13H19NO2. The molecule has 0 spiro atoms. The minimum absolute atomic E-state index is 0.0149. The molecule has 1 aromatic rings. The molecule has 3 nitrogen and oxygen atoms in total. The van der Waals surface area contributed by atoms with Gasteiger partial charge in [-0.25, -0.2) is 4.98 Å². The van der Waals surface area contributed by atoms with Gasteiger partial charge in [-0.2, -0.15) is 0 Å². The first-order valence-electron chi connectivity index (χ1n) is 5.49. The Morgan fingerprint density at radius 2 is 2.12 bits per heavy atom. The lowest BCUT2D eigenvalue weighted by molar-refractivity contribution is 0.101. The Labute approximate surface area is 96.8 Å². The van der Waals surface area contributed by atoms with Crippen LogP contribution in [0.4, 0.5) is 0 Å². The lowest BCUT2D eigenvalue weighted by Gasteiger charge is -2.18. The summed E-state index contributed by atoms with van der Waals surface area (Å²) in [5, 5.41) is 0. The number of ether oxygens (including phenoxy) is 1. The van der Waals surface area contributed by atoms with Crippen LogP contribution in [0.3, 0.4) is 0 Å². The van der Waals surface area contributed by atoms with Gasteiger partial charge < -0.3 is 4.74 Å². The smallest absolute Gasteiger partial charge is 0.224 e. The average Bonchev–Trinajstić information content (AvgIpc) is 2.16. The van der Waals surface area contributed by atoms with Gasteiger partial charge in [-0.05, 0) is 30.9 Å². The zero-order valence-electron chi connectivity index (χ0n) is 10.4. The van der Waals surface area contributed by atoms with Gasteiger partial charge in [-0.3, -0.25) is 4.79 Å². The van der Waals surface area contributed by atoms with E-state index in [0.717, 1.165) is 6.42 Å². The number of hydrogen-bond donors (Lipinski definition) is 0. The first-order valence-corrected chi connectivity index (χ1v) is 5.49. The fourth-order valence-corrected chi connectivity index (χ4v) is 1.23. The Bertz CT molecular complexity index is 366. The van der Waals surface area contributed by atoms with Crippen molar-refractivity contribution < 1.29 is 9.53 Å². The predicted molar refractivity (Wildman–Crippen MR) is 63.8 cm³/mol. The molecule has 0 unspecified atom stereocenters. The largest absolute Gasteiger partial charge is 0.477 e. The van der Waals surface area contributed by atoms with Crippen LogP contribution < -0.4 is 4.74 Å². The summed E-state index contributed by atoms with van der Waals surface area (Å²) in [5.41, 5.74) is 0.780. The number of carbonyl (C=O) groups is 1. The molecule has 0 saturated carbocycles. The van der Waals surface area contributed by atoms with Crippen molar-refractivity contribution in [2.24, 2.45) is 5.41 Å². The molecular weight excluding hydrogens is 202 g/mol. The predicted octanol–water partition coefficient (Wildman–Crippen LogP) is 3.10. The average molecular weight is 221 g/mol. The topological polar surface area (TPSA) is 39.2 Å². The SMILES string of the molecule is CC(=O)c1cccnc1OCCC(C)(C)C. The van der Waals surface area contributed by atoms with Gasteiger partial charge in [0.2, 0.25) is 5.88 Å². The lowest BCUT2D eigenvalue weighted by Crippen LogP contribution is -2.12. The van der Waals surface area contributed by atoms with Crippen LogP contribution in [0, 0.1) is 5.41 Å². The molecule has 1 aromatic heterocycles. The third-order valence-corrected chi connectivity index (χ3v) is 2.24. The fraction of sp³-hybridized carbons (Fsp3) is 0.538. The van der Waals surface area contributed by atoms with Gasteiger partial charge in [0.15, 0.2) is 5.78 Å². The molecule has 0 aliphatic rings. The molecule has 0 aromatic carbocycles. The number of aromatic nitrogens is 1. The van der Waals surface area contributed by atoms with Crippen molar-refractivity contribution in [2.45, 2.75) is 34.1 Å². The van der Waals surface area contributed by atoms with E-state index in [-0.39, 0.29) is 11.2 Å². The molecule has 0 amide bonds. The normalized spacial score (nSPS) is 11.2. The fourth-order valence-electron chi connectivity index (χ4n) is 1.23. The molecule has 3 heteroatoms. The van der Waals surface area contributed by atoms with Crippen molar-refractivity contribution in [2.75, 3.05) is 6.61 Å². The van der Waals surface area contributed by atoms with Crippen molar-refractivity contribution >= 4 is 5.78 Å². The van der Waals surface area contributed by atoms with E-state index in [1.807, 2.05) is 0 Å². The number of Topliss-reactive ketones (excluding diaryl/α,β-unsaturated/α-hetero) is 1. The summed E-state index contributed by atoms with van der Waals surface area (Å²) in [5.74, 6) is 0.429. The van der Waals surface area contributed by atoms with Crippen LogP contribution in [-0.2, 0) is 0 Å². The van der Waals surface area contributed by atoms with E-state index in [0.29, 0.717) is 18.1 Å². The second-order valence-electron chi connectivity index (χ2n) is 5.07. The van der Waals surface area contributed by atoms with Crippen LogP contribution >= 0.6 is 0 Å². The highest BCUT2D eigenvalue weighted by Crippen LogP contribution is 2.20. The van der Waals surface area contributed by atoms with E-state index >= 15 is 0 Å². The molecule has 88 valence electrons. The Balaban J connectivity index is 2.64. The molecule has 0 aliphatic heterocycles. The molecule has 0 aliphatic carbocycles. The van der Waals surface area contributed by atoms with Gasteiger partial charge in [0.05, 0.1) is 12.2 Å². The Kier molecular flexibility index (Phi) is 4.05. The Morgan fingerprint density at radius 1 is 1.44 bits per heavy atom. The van der Waals surface area contributed by atoms with E-state index in [2.05, 4.69) is 25.8 Å². The maximum Gasteiger partial charge on any atom is 0.224 e. The molecule has 0 bridgehead atoms. The molecule has 0 N–H and O–H groups in total. The van der Waals surface area contributed by atoms with Crippen LogP contribution in [0.5, 0.6) is 5.88 Å². The zero-order chi connectivity index (χ0) is 12.2. The number of rotatable bonds is 4. The standard InChI is InChI=1S/C13H19NO2/c1-10(15)11-6-5-8-14-12(11)16-9-7-13(2,3)4/h5-6,8H,7,9H2,1-4H3. The van der Waals surface area contributed by atoms with E-state index in [4.69, 9.17) is 4.74 Å². The summed E-state index contributed by atoms with van der Waals surface area (Å²) >= 11 is 0. The Hall–Kier alpha value is -1.38. The maximum absolute atomic E-state index is 11.3. The van der Waals surface area contributed by atoms with Crippen molar-refractivity contribution in [1.29, 1.82) is 0 Å². The zero-order valence-corrected chi connectivity index (χ0v) is 10.4. The monoisotopic (exact) mass is 221 g/mol. The van der Waals surface area contributed by atoms with Crippen LogP contribution in [-0.4, -0.2) is 17.4 Å². The first kappa shape index (κ1) is 12.7. The first-order chi connectivity index (χ1) is 7.40. The second kappa shape index (κ2) is 5.10. The molecule has 1 rings (SSSR count). The summed E-state index contributed by atoms with van der Waals surface area (Å²) < 4.78 is 5.54. The number of nitrogens with zero attached hydrogens (tertiary/aromatic N) is 1. The van der Waals surface area contributed by atoms with Crippen LogP contribution in [0.1, 0.15) is 44.5 Å². The van der Waals surface area contributed by atoms with Gasteiger partial charge in [-0.1, -0.05) is 20.8 Å². The van der Waals surface area contributed by atoms with Gasteiger partial charge >= 0.3 is 0 Å². The van der Waals surface area contributed by atoms with E-state index in [9.17, 15) is 4.79 Å². The second-order valence-corrected chi connectivity index (χ2v) is 5.07. The summed E-state index contributed by atoms with van der Waals surface area (Å²) in [6.07, 6.45) is 2.57. The number of ketones is 1. The van der Waals surface area contributed by atoms with Crippen LogP contribution in [0.15, 0.2) is 18.3 Å². The molecule has 0 radical (unpaired) electrons. The summed E-state index contributed by atoms with van der Waals surface area (Å²) in [6.45, 7) is 8.57. The molecule has 0 atom stereocenters. The van der Waals surface area contributed by atoms with Crippen LogP contribution in [0.25, 0.3) is 0 Å². The number of carbonyl (C=O) groups excluding carboxylic acids is 1. The molecule has 16 heavy (non-hydrogen) atoms. The van der Waals surface area contributed by atoms with Crippen molar-refractivity contribution in [3.63, 3.8) is 0 Å². The van der Waals surface area contributed by atoms with Gasteiger partial charge in [0.1, 0.15) is 0 Å². The number of pyridine rings is 1. The number of hydrogen-bond acceptors (Lipinski definition) is 3. The third-order valence-electron chi connectivity index (χ3n) is 2.24. The minimum Gasteiger partial charge on any atom is -0.477 e. The molecule has 1 heterocycles. The quantitative estimate of drug-likeness (QED) is 0.733. The highest BCUT2D eigenvalue weighted by Gasteiger charge is 2.12. The van der Waals surface area contributed by atoms with Crippen LogP contribution in [0.2, 0.25) is 0 Å². The highest BCUT2D eigenvalue weighted by atomic mass is 16.5. The van der Waals surface area contributed by atoms with Gasteiger partial charge in [0.25, 0.3) is 0 Å². The van der Waals surface area contributed by atoms with Crippen molar-refractivity contribution in [1.82, 2.24) is 4.98 Å². The Morgan fingerprint density at radius 3 is 2.69 bits per heavy atom. The van der Waals surface area contributed by atoms with Crippen molar-refractivity contribution in [3.8, 4) is 5.88 Å². The summed E-state index contributed by atoms with van der Waals surface area (Å²) in [4.78, 5) is 15.4. The summed E-state index contributed by atoms with van der Waals surface area (Å²) in [6, 6.07) is 3.48. The van der Waals surface area contributed by atoms with Crippen molar-refractivity contribution in [3.05, 3.63) is 23.9 Å². The van der Waals surface area contributed by atoms with Gasteiger partial charge in [0, 0.05) is 6.20 Å². The lowest BCUT2D eigenvalue weighted by atomic mass is 9.93. The van der Waals surface area contributed by atoms with Gasteiger partial charge in [-0.15, -0.1) is 0 Å². The summed E-state index contributed by atoms with van der Waals surface area (Å²) in [7, 11) is 0. The maximum atomic E-state index is 11.3. The molecule has 0 saturated heterocycles. The molecule has 0 fully saturated rings.